The summed E-state index contributed by atoms with van der Waals surface area (Å²) in [6.07, 6.45) is 5.06. The molecule has 18 heteroatoms. The van der Waals surface area contributed by atoms with Gasteiger partial charge in [0, 0.05) is 30.1 Å². The number of carbonyl (C=O) groups excluding carboxylic acids is 2. The number of nitrogens with one attached hydrogen (secondary N) is 1. The Morgan fingerprint density at radius 3 is 2.92 bits per heavy atom. The summed E-state index contributed by atoms with van der Waals surface area (Å²) in [6.45, 7) is 0. The summed E-state index contributed by atoms with van der Waals surface area (Å²) in [5.74, 6) is -1.88. The van der Waals surface area contributed by atoms with Crippen LogP contribution in [-0.2, 0) is 26.3 Å². The molecule has 0 spiro atoms. The number of tetrazole rings is 1. The number of rotatable bonds is 9. The fourth-order valence-corrected chi connectivity index (χ4v) is 6.60. The van der Waals surface area contributed by atoms with Crippen LogP contribution in [0.3, 0.4) is 0 Å². The fraction of sp³-hybridized carbons (Fsp3) is 0.421. The third kappa shape index (κ3) is 5.03. The summed E-state index contributed by atoms with van der Waals surface area (Å²) in [5, 5.41) is 27.7. The molecule has 37 heavy (non-hydrogen) atoms. The highest BCUT2D eigenvalue weighted by atomic mass is 32.2. The number of carboxylic acids is 1. The Balaban J connectivity index is 1.31. The molecular formula is C19H20N10O5S3. The molecule has 1 aliphatic carbocycles. The van der Waals surface area contributed by atoms with Crippen LogP contribution in [0.4, 0.5) is 5.13 Å². The van der Waals surface area contributed by atoms with E-state index in [0.29, 0.717) is 16.5 Å². The molecule has 3 atom stereocenters. The number of β-lactam (4-membered cyclic amide) rings is 1. The van der Waals surface area contributed by atoms with Crippen molar-refractivity contribution < 1.29 is 24.3 Å². The van der Waals surface area contributed by atoms with Crippen LogP contribution in [0, 0.1) is 0 Å². The molecule has 2 aromatic heterocycles. The Kier molecular flexibility index (Phi) is 7.11. The molecule has 4 N–H and O–H groups in total. The first kappa shape index (κ1) is 25.2. The van der Waals surface area contributed by atoms with Crippen molar-refractivity contribution in [2.24, 2.45) is 12.2 Å². The number of hydrogen-bond donors (Lipinski definition) is 3. The lowest BCUT2D eigenvalue weighted by Crippen LogP contribution is -2.71. The monoisotopic (exact) mass is 564 g/mol. The molecule has 5 rings (SSSR count). The highest BCUT2D eigenvalue weighted by Crippen LogP contribution is 2.41. The average molecular weight is 565 g/mol. The van der Waals surface area contributed by atoms with Gasteiger partial charge in [0.05, 0.1) is 0 Å². The van der Waals surface area contributed by atoms with Crippen molar-refractivity contribution in [3.05, 3.63) is 29.2 Å². The third-order valence-corrected chi connectivity index (χ3v) is 8.59. The summed E-state index contributed by atoms with van der Waals surface area (Å²) >= 11 is 3.51. The van der Waals surface area contributed by atoms with Crippen LogP contribution in [0.1, 0.15) is 18.7 Å². The maximum atomic E-state index is 13.1. The number of aryl methyl sites for hydroxylation is 1. The quantitative estimate of drug-likeness (QED) is 0.117. The van der Waals surface area contributed by atoms with Gasteiger partial charge in [-0.25, -0.2) is 9.48 Å². The predicted octanol–water partition coefficient (Wildman–Crippen LogP) is -0.386. The molecule has 15 nitrogen and oxygen atoms in total. The number of carboxylic acid groups (broad SMARTS) is 1. The molecule has 3 aliphatic rings. The second kappa shape index (κ2) is 10.5. The summed E-state index contributed by atoms with van der Waals surface area (Å²) < 4.78 is 5.51. The van der Waals surface area contributed by atoms with Gasteiger partial charge in [-0.15, -0.1) is 16.9 Å². The number of aromatic nitrogens is 6. The number of thioether (sulfide) groups is 2. The molecule has 0 bridgehead atoms. The third-order valence-electron chi connectivity index (χ3n) is 5.61. The lowest BCUT2D eigenvalue weighted by Gasteiger charge is -2.49. The SMILES string of the molecule is Cn1nnnc1SCC1=C(C(=O)O)N2C(=O)C(NC(=O)/C(=N\OC3C=CCC3)c3nsc(N)n3)[C@H]2SC1. The molecule has 0 aromatic carbocycles. The number of oxime groups is 1. The lowest BCUT2D eigenvalue weighted by atomic mass is 10.0. The number of aliphatic carboxylic acids is 1. The van der Waals surface area contributed by atoms with Gasteiger partial charge in [0.15, 0.2) is 5.13 Å². The van der Waals surface area contributed by atoms with Gasteiger partial charge in [-0.2, -0.15) is 9.36 Å². The first-order chi connectivity index (χ1) is 17.8. The zero-order valence-corrected chi connectivity index (χ0v) is 21.6. The number of nitrogen functional groups attached to an aromatic ring is 1. The zero-order valence-electron chi connectivity index (χ0n) is 19.2. The van der Waals surface area contributed by atoms with Gasteiger partial charge in [0.1, 0.15) is 23.2 Å². The van der Waals surface area contributed by atoms with Crippen LogP contribution < -0.4 is 11.1 Å². The molecule has 2 aromatic rings. The van der Waals surface area contributed by atoms with Gasteiger partial charge < -0.3 is 21.0 Å². The van der Waals surface area contributed by atoms with E-state index in [4.69, 9.17) is 10.6 Å². The normalized spacial score (nSPS) is 23.2. The summed E-state index contributed by atoms with van der Waals surface area (Å²) in [4.78, 5) is 48.9. The minimum absolute atomic E-state index is 0.0226. The van der Waals surface area contributed by atoms with Gasteiger partial charge in [-0.1, -0.05) is 23.0 Å². The second-order valence-electron chi connectivity index (χ2n) is 8.04. The van der Waals surface area contributed by atoms with Gasteiger partial charge in [-0.05, 0) is 34.9 Å². The number of fused-ring (bicyclic) bond motifs is 1. The van der Waals surface area contributed by atoms with E-state index in [-0.39, 0.29) is 34.2 Å². The Morgan fingerprint density at radius 1 is 1.43 bits per heavy atom. The van der Waals surface area contributed by atoms with Crippen molar-refractivity contribution in [3.63, 3.8) is 0 Å². The first-order valence-electron chi connectivity index (χ1n) is 10.9. The predicted molar refractivity (Wildman–Crippen MR) is 133 cm³/mol. The smallest absolute Gasteiger partial charge is 0.352 e. The lowest BCUT2D eigenvalue weighted by molar-refractivity contribution is -0.150. The van der Waals surface area contributed by atoms with Crippen molar-refractivity contribution >= 4 is 63.7 Å². The molecule has 4 heterocycles. The number of anilines is 1. The molecule has 1 fully saturated rings. The van der Waals surface area contributed by atoms with E-state index in [0.717, 1.165) is 24.4 Å². The van der Waals surface area contributed by atoms with Crippen LogP contribution in [0.2, 0.25) is 0 Å². The van der Waals surface area contributed by atoms with Crippen LogP contribution in [0.15, 0.2) is 33.7 Å². The molecule has 2 amide bonds. The van der Waals surface area contributed by atoms with Crippen molar-refractivity contribution in [1.29, 1.82) is 0 Å². The summed E-state index contributed by atoms with van der Waals surface area (Å²) in [7, 11) is 1.68. The van der Waals surface area contributed by atoms with Gasteiger partial charge >= 0.3 is 5.97 Å². The van der Waals surface area contributed by atoms with Crippen molar-refractivity contribution in [1.82, 2.24) is 39.8 Å². The standard InChI is InChI=1S/C19H20N10O5S3/c1-28-19(23-26-27-28)36-7-8-6-35-16-11(15(31)29(16)12(8)17(32)33)21-14(30)10(13-22-18(20)37-25-13)24-34-9-4-2-3-5-9/h2,4,9,11,16H,3,5-7H2,1H3,(H,21,30)(H,32,33)(H2,20,22,25)/b24-10-/t9?,11?,16-/m1/s1. The summed E-state index contributed by atoms with van der Waals surface area (Å²) in [5.41, 5.74) is 5.91. The van der Waals surface area contributed by atoms with Gasteiger partial charge in [0.25, 0.3) is 11.8 Å². The Morgan fingerprint density at radius 2 is 2.27 bits per heavy atom. The van der Waals surface area contributed by atoms with Crippen molar-refractivity contribution in [3.8, 4) is 0 Å². The van der Waals surface area contributed by atoms with E-state index in [1.54, 1.807) is 7.05 Å². The molecule has 1 saturated heterocycles. The van der Waals surface area contributed by atoms with E-state index in [9.17, 15) is 19.5 Å². The van der Waals surface area contributed by atoms with Crippen LogP contribution in [-0.4, -0.2) is 92.1 Å². The van der Waals surface area contributed by atoms with E-state index in [2.05, 4.69) is 35.4 Å². The van der Waals surface area contributed by atoms with E-state index >= 15 is 0 Å². The molecule has 2 aliphatic heterocycles. The minimum Gasteiger partial charge on any atom is -0.477 e. The van der Waals surface area contributed by atoms with Crippen LogP contribution >= 0.6 is 35.1 Å². The number of carbonyl (C=O) groups is 3. The average Bonchev–Trinajstić information content (AvgIpc) is 3.64. The number of nitrogens with zero attached hydrogens (tertiary/aromatic N) is 8. The highest BCUT2D eigenvalue weighted by molar-refractivity contribution is 8.01. The molecule has 2 unspecified atom stereocenters. The fourth-order valence-electron chi connectivity index (χ4n) is 3.83. The molecule has 0 radical (unpaired) electrons. The number of nitrogens with two attached hydrogens (primary N) is 1. The molecule has 0 saturated carbocycles. The Labute approximate surface area is 221 Å². The Bertz CT molecular complexity index is 1340. The Hall–Kier alpha value is -3.51. The maximum absolute atomic E-state index is 13.1. The van der Waals surface area contributed by atoms with E-state index in [1.807, 2.05) is 12.2 Å². The van der Waals surface area contributed by atoms with Crippen molar-refractivity contribution in [2.75, 3.05) is 17.2 Å². The molecular weight excluding hydrogens is 544 g/mol. The van der Waals surface area contributed by atoms with Crippen LogP contribution in [0.25, 0.3) is 0 Å². The minimum atomic E-state index is -1.22. The number of amides is 2. The highest BCUT2D eigenvalue weighted by Gasteiger charge is 2.54. The van der Waals surface area contributed by atoms with Crippen molar-refractivity contribution in [2.45, 2.75) is 35.5 Å². The van der Waals surface area contributed by atoms with Crippen LogP contribution in [0.5, 0.6) is 0 Å². The van der Waals surface area contributed by atoms with Gasteiger partial charge in [-0.3, -0.25) is 14.5 Å². The second-order valence-corrected chi connectivity index (χ2v) is 10.9. The topological polar surface area (TPSA) is 204 Å². The maximum Gasteiger partial charge on any atom is 0.352 e. The van der Waals surface area contributed by atoms with E-state index < -0.39 is 29.2 Å². The molecule has 194 valence electrons. The largest absolute Gasteiger partial charge is 0.477 e. The number of allylic oxidation sites excluding steroid dienone is 1. The number of hydrogen-bond acceptors (Lipinski definition) is 14. The summed E-state index contributed by atoms with van der Waals surface area (Å²) in [6, 6.07) is -0.962. The van der Waals surface area contributed by atoms with E-state index in [1.165, 1.54) is 33.1 Å². The van der Waals surface area contributed by atoms with Gasteiger partial charge in [0.2, 0.25) is 16.7 Å². The zero-order chi connectivity index (χ0) is 26.1. The first-order valence-corrected chi connectivity index (χ1v) is 13.7.